The second-order valence-electron chi connectivity index (χ2n) is 4.98. The summed E-state index contributed by atoms with van der Waals surface area (Å²) < 4.78 is 2.13. The molecule has 0 aliphatic carbocycles. The monoisotopic (exact) mass is 258 g/mol. The van der Waals surface area contributed by atoms with E-state index >= 15 is 0 Å². The highest BCUT2D eigenvalue weighted by Crippen LogP contribution is 2.29. The third kappa shape index (κ3) is 2.10. The fraction of sp³-hybridized carbons (Fsp3) is 0.429. The van der Waals surface area contributed by atoms with E-state index in [1.807, 2.05) is 12.1 Å². The van der Waals surface area contributed by atoms with Gasteiger partial charge in [-0.15, -0.1) is 0 Å². The van der Waals surface area contributed by atoms with E-state index in [1.165, 1.54) is 5.69 Å². The van der Waals surface area contributed by atoms with Crippen LogP contribution in [0.4, 0.5) is 5.69 Å². The van der Waals surface area contributed by atoms with E-state index in [9.17, 15) is 4.79 Å². The lowest BCUT2D eigenvalue weighted by atomic mass is 10.1. The minimum atomic E-state index is 0.456. The minimum Gasteiger partial charge on any atom is -0.327 e. The van der Waals surface area contributed by atoms with Crippen molar-refractivity contribution in [1.82, 2.24) is 15.1 Å². The quantitative estimate of drug-likeness (QED) is 0.826. The van der Waals surface area contributed by atoms with Gasteiger partial charge in [0.2, 0.25) is 6.41 Å². The van der Waals surface area contributed by atoms with Crippen molar-refractivity contribution in [2.24, 2.45) is 0 Å². The molecule has 5 heteroatoms. The number of benzene rings is 1. The molecular weight excluding hydrogens is 240 g/mol. The summed E-state index contributed by atoms with van der Waals surface area (Å²) in [7, 11) is 0. The molecular formula is C14H18N4O. The third-order valence-electron chi connectivity index (χ3n) is 3.85. The van der Waals surface area contributed by atoms with Gasteiger partial charge in [0.05, 0.1) is 11.7 Å². The van der Waals surface area contributed by atoms with Crippen LogP contribution >= 0.6 is 0 Å². The fourth-order valence-corrected chi connectivity index (χ4v) is 2.84. The van der Waals surface area contributed by atoms with Gasteiger partial charge in [-0.3, -0.25) is 9.48 Å². The molecule has 0 radical (unpaired) electrons. The van der Waals surface area contributed by atoms with Crippen LogP contribution in [0.25, 0.3) is 10.9 Å². The predicted molar refractivity (Wildman–Crippen MR) is 75.3 cm³/mol. The summed E-state index contributed by atoms with van der Waals surface area (Å²) in [5.41, 5.74) is 2.84. The lowest BCUT2D eigenvalue weighted by Gasteiger charge is -2.24. The van der Waals surface area contributed by atoms with Gasteiger partial charge in [-0.2, -0.15) is 5.10 Å². The number of fused-ring (bicyclic) bond motifs is 1. The molecule has 1 aliphatic heterocycles. The van der Waals surface area contributed by atoms with Crippen molar-refractivity contribution in [3.05, 3.63) is 23.9 Å². The van der Waals surface area contributed by atoms with Crippen molar-refractivity contribution in [2.75, 3.05) is 18.4 Å². The number of hydrogen-bond acceptors (Lipinski definition) is 3. The zero-order valence-corrected chi connectivity index (χ0v) is 11.0. The largest absolute Gasteiger partial charge is 0.327 e. The van der Waals surface area contributed by atoms with E-state index in [-0.39, 0.29) is 0 Å². The van der Waals surface area contributed by atoms with Gasteiger partial charge in [-0.1, -0.05) is 12.1 Å². The number of carbonyl (C=O) groups is 1. The Hall–Kier alpha value is -1.88. The second-order valence-corrected chi connectivity index (χ2v) is 4.98. The van der Waals surface area contributed by atoms with Crippen molar-refractivity contribution in [1.29, 1.82) is 0 Å². The second kappa shape index (κ2) is 5.01. The highest BCUT2D eigenvalue weighted by atomic mass is 16.1. The van der Waals surface area contributed by atoms with Crippen LogP contribution in [0.3, 0.4) is 0 Å². The van der Waals surface area contributed by atoms with Gasteiger partial charge in [-0.05, 0) is 38.9 Å². The van der Waals surface area contributed by atoms with Crippen molar-refractivity contribution in [3.63, 3.8) is 0 Å². The minimum absolute atomic E-state index is 0.456. The molecule has 3 rings (SSSR count). The Morgan fingerprint density at radius 3 is 2.95 bits per heavy atom. The maximum atomic E-state index is 10.7. The number of nitrogens with one attached hydrogen (secondary N) is 2. The molecule has 1 aliphatic rings. The standard InChI is InChI=1S/C14H18N4O/c1-10-12-3-2-4-13(16-9-19)14(12)17-18(10)11-5-7-15-8-6-11/h2-4,9,11,15H,5-8H2,1H3,(H,16,19). The summed E-state index contributed by atoms with van der Waals surface area (Å²) in [6.45, 7) is 4.18. The molecule has 1 aromatic heterocycles. The highest BCUT2D eigenvalue weighted by Gasteiger charge is 2.19. The number of carbonyl (C=O) groups excluding carboxylic acids is 1. The Morgan fingerprint density at radius 1 is 1.42 bits per heavy atom. The molecule has 0 unspecified atom stereocenters. The van der Waals surface area contributed by atoms with Crippen LogP contribution < -0.4 is 10.6 Å². The first-order valence-corrected chi connectivity index (χ1v) is 6.70. The summed E-state index contributed by atoms with van der Waals surface area (Å²) in [5.74, 6) is 0. The summed E-state index contributed by atoms with van der Waals surface area (Å²) >= 11 is 0. The van der Waals surface area contributed by atoms with Crippen LogP contribution in [-0.2, 0) is 4.79 Å². The third-order valence-corrected chi connectivity index (χ3v) is 3.85. The zero-order valence-electron chi connectivity index (χ0n) is 11.0. The summed E-state index contributed by atoms with van der Waals surface area (Å²) in [6.07, 6.45) is 2.91. The summed E-state index contributed by atoms with van der Waals surface area (Å²) in [4.78, 5) is 10.7. The number of rotatable bonds is 3. The van der Waals surface area contributed by atoms with E-state index in [1.54, 1.807) is 0 Å². The number of anilines is 1. The number of amides is 1. The fourth-order valence-electron chi connectivity index (χ4n) is 2.84. The van der Waals surface area contributed by atoms with Crippen LogP contribution in [0.5, 0.6) is 0 Å². The van der Waals surface area contributed by atoms with E-state index in [0.717, 1.165) is 42.5 Å². The molecule has 1 aromatic carbocycles. The van der Waals surface area contributed by atoms with Crippen LogP contribution in [-0.4, -0.2) is 29.3 Å². The van der Waals surface area contributed by atoms with Crippen LogP contribution in [0.2, 0.25) is 0 Å². The van der Waals surface area contributed by atoms with Crippen LogP contribution in [0, 0.1) is 6.92 Å². The topological polar surface area (TPSA) is 59.0 Å². The molecule has 2 aromatic rings. The molecule has 0 bridgehead atoms. The molecule has 5 nitrogen and oxygen atoms in total. The van der Waals surface area contributed by atoms with E-state index in [4.69, 9.17) is 5.10 Å². The van der Waals surface area contributed by atoms with Crippen LogP contribution in [0.15, 0.2) is 18.2 Å². The molecule has 0 saturated carbocycles. The molecule has 0 spiro atoms. The smallest absolute Gasteiger partial charge is 0.211 e. The van der Waals surface area contributed by atoms with Gasteiger partial charge in [0.25, 0.3) is 0 Å². The Balaban J connectivity index is 2.08. The van der Waals surface area contributed by atoms with Gasteiger partial charge in [0.15, 0.2) is 0 Å². The number of aromatic nitrogens is 2. The number of aryl methyl sites for hydroxylation is 1. The predicted octanol–water partition coefficient (Wildman–Crippen LogP) is 1.84. The molecule has 2 heterocycles. The Bertz CT molecular complexity index is 599. The van der Waals surface area contributed by atoms with E-state index < -0.39 is 0 Å². The number of nitrogens with zero attached hydrogens (tertiary/aromatic N) is 2. The van der Waals surface area contributed by atoms with Gasteiger partial charge in [0.1, 0.15) is 5.52 Å². The maximum absolute atomic E-state index is 10.7. The van der Waals surface area contributed by atoms with E-state index in [2.05, 4.69) is 28.3 Å². The molecule has 1 saturated heterocycles. The van der Waals surface area contributed by atoms with Gasteiger partial charge in [-0.25, -0.2) is 0 Å². The SMILES string of the molecule is Cc1c2cccc(NC=O)c2nn1C1CCNCC1. The maximum Gasteiger partial charge on any atom is 0.211 e. The van der Waals surface area contributed by atoms with Crippen molar-refractivity contribution in [3.8, 4) is 0 Å². The van der Waals surface area contributed by atoms with Gasteiger partial charge in [0, 0.05) is 11.1 Å². The average molecular weight is 258 g/mol. The lowest BCUT2D eigenvalue weighted by Crippen LogP contribution is -2.30. The average Bonchev–Trinajstić information content (AvgIpc) is 2.79. The number of piperidine rings is 1. The van der Waals surface area contributed by atoms with Gasteiger partial charge < -0.3 is 10.6 Å². The van der Waals surface area contributed by atoms with Crippen molar-refractivity contribution >= 4 is 23.0 Å². The molecule has 19 heavy (non-hydrogen) atoms. The first kappa shape index (κ1) is 12.2. The first-order chi connectivity index (χ1) is 9.31. The Labute approximate surface area is 112 Å². The molecule has 100 valence electrons. The van der Waals surface area contributed by atoms with Crippen molar-refractivity contribution in [2.45, 2.75) is 25.8 Å². The van der Waals surface area contributed by atoms with Gasteiger partial charge >= 0.3 is 0 Å². The first-order valence-electron chi connectivity index (χ1n) is 6.70. The highest BCUT2D eigenvalue weighted by molar-refractivity contribution is 5.95. The van der Waals surface area contributed by atoms with E-state index in [0.29, 0.717) is 12.5 Å². The van der Waals surface area contributed by atoms with Crippen LogP contribution in [0.1, 0.15) is 24.6 Å². The van der Waals surface area contributed by atoms with Crippen molar-refractivity contribution < 1.29 is 4.79 Å². The lowest BCUT2D eigenvalue weighted by molar-refractivity contribution is -0.105. The summed E-state index contributed by atoms with van der Waals surface area (Å²) in [6, 6.07) is 6.36. The molecule has 0 atom stereocenters. The number of hydrogen-bond donors (Lipinski definition) is 2. The molecule has 2 N–H and O–H groups in total. The normalized spacial score (nSPS) is 16.7. The summed E-state index contributed by atoms with van der Waals surface area (Å²) in [5, 5.41) is 11.9. The Kier molecular flexibility index (Phi) is 3.21. The molecule has 1 fully saturated rings. The zero-order chi connectivity index (χ0) is 13.2. The Morgan fingerprint density at radius 2 is 2.21 bits per heavy atom. The molecule has 1 amide bonds.